The van der Waals surface area contributed by atoms with Crippen LogP contribution in [0, 0.1) is 0 Å². The van der Waals surface area contributed by atoms with Gasteiger partial charge in [0, 0.05) is 27.3 Å². The largest absolute Gasteiger partial charge is 0.455 e. The molecule has 0 bridgehead atoms. The zero-order valence-electron chi connectivity index (χ0n) is 22.2. The van der Waals surface area contributed by atoms with E-state index in [4.69, 9.17) is 19.4 Å². The number of fused-ring (bicyclic) bond motifs is 6. The molecule has 0 amide bonds. The molecule has 0 radical (unpaired) electrons. The molecule has 190 valence electrons. The molecule has 0 spiro atoms. The van der Waals surface area contributed by atoms with Crippen LogP contribution in [0.2, 0.25) is 0 Å². The van der Waals surface area contributed by atoms with Gasteiger partial charge in [-0.1, -0.05) is 111 Å². The van der Waals surface area contributed by atoms with E-state index in [1.165, 1.54) is 22.3 Å². The second-order valence-electron chi connectivity index (χ2n) is 10.9. The predicted octanol–water partition coefficient (Wildman–Crippen LogP) is 9.08. The molecule has 0 atom stereocenters. The quantitative estimate of drug-likeness (QED) is 0.235. The van der Waals surface area contributed by atoms with E-state index in [0.717, 1.165) is 38.6 Å². The van der Waals surface area contributed by atoms with Gasteiger partial charge in [-0.15, -0.1) is 0 Å². The van der Waals surface area contributed by atoms with Crippen LogP contribution in [0.25, 0.3) is 67.2 Å². The highest BCUT2D eigenvalue weighted by atomic mass is 16.3. The summed E-state index contributed by atoms with van der Waals surface area (Å²) in [6.45, 7) is 4.58. The van der Waals surface area contributed by atoms with Gasteiger partial charge in [-0.2, -0.15) is 0 Å². The lowest BCUT2D eigenvalue weighted by molar-refractivity contribution is 0.660. The van der Waals surface area contributed by atoms with Crippen molar-refractivity contribution in [1.29, 1.82) is 0 Å². The first-order chi connectivity index (χ1) is 19.6. The summed E-state index contributed by atoms with van der Waals surface area (Å²) < 4.78 is 6.35. The fourth-order valence-corrected chi connectivity index (χ4v) is 6.11. The average Bonchev–Trinajstić information content (AvgIpc) is 3.50. The van der Waals surface area contributed by atoms with E-state index in [9.17, 15) is 0 Å². The Balaban J connectivity index is 1.36. The molecule has 4 heteroatoms. The molecule has 0 saturated carbocycles. The van der Waals surface area contributed by atoms with Crippen LogP contribution in [-0.4, -0.2) is 15.0 Å². The van der Waals surface area contributed by atoms with Crippen molar-refractivity contribution in [3.63, 3.8) is 0 Å². The van der Waals surface area contributed by atoms with Gasteiger partial charge in [0.2, 0.25) is 0 Å². The summed E-state index contributed by atoms with van der Waals surface area (Å²) in [4.78, 5) is 15.0. The van der Waals surface area contributed by atoms with E-state index in [-0.39, 0.29) is 5.41 Å². The summed E-state index contributed by atoms with van der Waals surface area (Å²) in [7, 11) is 0. The molecular weight excluding hydrogens is 490 g/mol. The topological polar surface area (TPSA) is 51.8 Å². The number of nitrogens with zero attached hydrogens (tertiary/aromatic N) is 3. The fourth-order valence-electron chi connectivity index (χ4n) is 6.11. The van der Waals surface area contributed by atoms with Crippen molar-refractivity contribution >= 4 is 21.9 Å². The lowest BCUT2D eigenvalue weighted by Crippen LogP contribution is -2.15. The molecule has 8 rings (SSSR count). The van der Waals surface area contributed by atoms with Crippen LogP contribution >= 0.6 is 0 Å². The molecule has 2 aromatic heterocycles. The first-order valence-electron chi connectivity index (χ1n) is 13.5. The van der Waals surface area contributed by atoms with Gasteiger partial charge in [0.05, 0.1) is 5.56 Å². The van der Waals surface area contributed by atoms with E-state index >= 15 is 0 Å². The molecule has 1 aliphatic rings. The van der Waals surface area contributed by atoms with Crippen molar-refractivity contribution in [2.24, 2.45) is 0 Å². The first kappa shape index (κ1) is 22.9. The molecule has 0 fully saturated rings. The number of para-hydroxylation sites is 2. The van der Waals surface area contributed by atoms with Gasteiger partial charge in [-0.3, -0.25) is 0 Å². The maximum Gasteiger partial charge on any atom is 0.167 e. The molecule has 0 unspecified atom stereocenters. The second kappa shape index (κ2) is 8.45. The Kier molecular flexibility index (Phi) is 4.83. The van der Waals surface area contributed by atoms with Gasteiger partial charge in [0.1, 0.15) is 11.2 Å². The van der Waals surface area contributed by atoms with Crippen LogP contribution in [0.5, 0.6) is 0 Å². The normalized spacial score (nSPS) is 13.4. The molecule has 40 heavy (non-hydrogen) atoms. The predicted molar refractivity (Wildman–Crippen MR) is 161 cm³/mol. The van der Waals surface area contributed by atoms with E-state index in [2.05, 4.69) is 68.4 Å². The van der Waals surface area contributed by atoms with Gasteiger partial charge >= 0.3 is 0 Å². The SMILES string of the molecule is CC1(C)c2ccccc2-c2ccc(-c3nc(-c4ccccc4)nc(-c4cccc5c4oc4ccccc45)n3)cc21. The Hall–Kier alpha value is -5.09. The van der Waals surface area contributed by atoms with E-state index in [1.54, 1.807) is 0 Å². The van der Waals surface area contributed by atoms with Crippen LogP contribution < -0.4 is 0 Å². The summed E-state index contributed by atoms with van der Waals surface area (Å²) in [6.07, 6.45) is 0. The minimum Gasteiger partial charge on any atom is -0.455 e. The number of benzene rings is 5. The Morgan fingerprint density at radius 1 is 0.500 bits per heavy atom. The van der Waals surface area contributed by atoms with E-state index in [0.29, 0.717) is 17.5 Å². The van der Waals surface area contributed by atoms with Gasteiger partial charge in [-0.05, 0) is 40.5 Å². The molecule has 2 heterocycles. The first-order valence-corrected chi connectivity index (χ1v) is 13.5. The summed E-state index contributed by atoms with van der Waals surface area (Å²) in [5, 5.41) is 2.13. The minimum atomic E-state index is -0.111. The van der Waals surface area contributed by atoms with E-state index in [1.807, 2.05) is 60.7 Å². The summed E-state index contributed by atoms with van der Waals surface area (Å²) in [6, 6.07) is 39.6. The Bertz CT molecular complexity index is 2090. The summed E-state index contributed by atoms with van der Waals surface area (Å²) in [5.41, 5.74) is 9.49. The highest BCUT2D eigenvalue weighted by molar-refractivity contribution is 6.09. The molecule has 5 aromatic carbocycles. The molecule has 1 aliphatic carbocycles. The summed E-state index contributed by atoms with van der Waals surface area (Å²) >= 11 is 0. The molecule has 0 N–H and O–H groups in total. The van der Waals surface area contributed by atoms with Crippen molar-refractivity contribution < 1.29 is 4.42 Å². The molecule has 7 aromatic rings. The van der Waals surface area contributed by atoms with Crippen LogP contribution in [0.15, 0.2) is 120 Å². The number of rotatable bonds is 3. The maximum atomic E-state index is 6.35. The zero-order valence-corrected chi connectivity index (χ0v) is 22.2. The standard InChI is InChI=1S/C36H25N3O/c1-36(2)29-17-8-6-13-24(29)25-20-19-23(21-30(25)36)34-37-33(22-11-4-3-5-12-22)38-35(39-34)28-16-10-15-27-26-14-7-9-18-31(26)40-32(27)28/h3-21H,1-2H3. The lowest BCUT2D eigenvalue weighted by Gasteiger charge is -2.21. The third-order valence-electron chi connectivity index (χ3n) is 8.15. The molecule has 0 saturated heterocycles. The highest BCUT2D eigenvalue weighted by Gasteiger charge is 2.35. The van der Waals surface area contributed by atoms with Crippen LogP contribution in [0.1, 0.15) is 25.0 Å². The highest BCUT2D eigenvalue weighted by Crippen LogP contribution is 2.49. The van der Waals surface area contributed by atoms with Crippen LogP contribution in [-0.2, 0) is 5.41 Å². The van der Waals surface area contributed by atoms with Crippen molar-refractivity contribution in [1.82, 2.24) is 15.0 Å². The van der Waals surface area contributed by atoms with Gasteiger partial charge in [-0.25, -0.2) is 15.0 Å². The monoisotopic (exact) mass is 515 g/mol. The van der Waals surface area contributed by atoms with E-state index < -0.39 is 0 Å². The van der Waals surface area contributed by atoms with Crippen LogP contribution in [0.3, 0.4) is 0 Å². The van der Waals surface area contributed by atoms with Crippen molar-refractivity contribution in [2.45, 2.75) is 19.3 Å². The number of aromatic nitrogens is 3. The number of hydrogen-bond donors (Lipinski definition) is 0. The van der Waals surface area contributed by atoms with Crippen molar-refractivity contribution in [2.75, 3.05) is 0 Å². The Morgan fingerprint density at radius 3 is 2.02 bits per heavy atom. The van der Waals surface area contributed by atoms with Crippen molar-refractivity contribution in [3.05, 3.63) is 126 Å². The lowest BCUT2D eigenvalue weighted by atomic mass is 9.82. The number of hydrogen-bond acceptors (Lipinski definition) is 4. The molecule has 0 aliphatic heterocycles. The third kappa shape index (κ3) is 3.36. The van der Waals surface area contributed by atoms with Crippen LogP contribution in [0.4, 0.5) is 0 Å². The smallest absolute Gasteiger partial charge is 0.167 e. The Morgan fingerprint density at radius 2 is 1.15 bits per heavy atom. The average molecular weight is 516 g/mol. The Labute approximate surface area is 232 Å². The molecular formula is C36H25N3O. The van der Waals surface area contributed by atoms with Gasteiger partial charge < -0.3 is 4.42 Å². The maximum absolute atomic E-state index is 6.35. The third-order valence-corrected chi connectivity index (χ3v) is 8.15. The second-order valence-corrected chi connectivity index (χ2v) is 10.9. The number of furan rings is 1. The minimum absolute atomic E-state index is 0.111. The van der Waals surface area contributed by atoms with Crippen molar-refractivity contribution in [3.8, 4) is 45.3 Å². The van der Waals surface area contributed by atoms with Gasteiger partial charge in [0.25, 0.3) is 0 Å². The summed E-state index contributed by atoms with van der Waals surface area (Å²) in [5.74, 6) is 1.87. The van der Waals surface area contributed by atoms with Gasteiger partial charge in [0.15, 0.2) is 17.5 Å². The molecule has 4 nitrogen and oxygen atoms in total. The fraction of sp³-hybridized carbons (Fsp3) is 0.0833. The zero-order chi connectivity index (χ0) is 26.8.